The Labute approximate surface area is 390 Å². The van der Waals surface area contributed by atoms with Gasteiger partial charge in [-0.15, -0.1) is 0 Å². The van der Waals surface area contributed by atoms with Crippen molar-refractivity contribution in [2.75, 3.05) is 6.61 Å². The number of nitrogens with one attached hydrogen (secondary N) is 1. The minimum atomic E-state index is -0.889. The highest BCUT2D eigenvalue weighted by Gasteiger charge is 2.17. The molecule has 0 saturated heterocycles. The Morgan fingerprint density at radius 2 is 0.714 bits per heavy atom. The monoisotopic (exact) mass is 870 g/mol. The van der Waals surface area contributed by atoms with Crippen LogP contribution in [0.2, 0.25) is 0 Å². The average molecular weight is 870 g/mol. The van der Waals surface area contributed by atoms with Gasteiger partial charge in [0.25, 0.3) is 0 Å². The van der Waals surface area contributed by atoms with Gasteiger partial charge in [0.15, 0.2) is 0 Å². The Morgan fingerprint density at radius 1 is 0.397 bits per heavy atom. The Morgan fingerprint density at radius 3 is 1.11 bits per heavy atom. The summed E-state index contributed by atoms with van der Waals surface area (Å²) in [6.07, 6.45) is 81.9. The van der Waals surface area contributed by atoms with Crippen LogP contribution in [0.3, 0.4) is 0 Å². The molecule has 0 aromatic rings. The molecule has 4 nitrogen and oxygen atoms in total. The first-order chi connectivity index (χ1) is 31.2. The van der Waals surface area contributed by atoms with E-state index in [0.29, 0.717) is 6.42 Å². The Hall–Kier alpha value is -3.21. The molecule has 4 heteroatoms. The first-order valence-corrected chi connectivity index (χ1v) is 26.2. The molecular formula is C59H99NO3. The van der Waals surface area contributed by atoms with E-state index < -0.39 is 12.1 Å². The van der Waals surface area contributed by atoms with E-state index in [1.807, 2.05) is 6.08 Å². The van der Waals surface area contributed by atoms with Crippen LogP contribution >= 0.6 is 0 Å². The van der Waals surface area contributed by atoms with Crippen molar-refractivity contribution in [1.29, 1.82) is 0 Å². The summed E-state index contributed by atoms with van der Waals surface area (Å²) in [4.78, 5) is 12.4. The van der Waals surface area contributed by atoms with Gasteiger partial charge in [0.05, 0.1) is 18.8 Å². The van der Waals surface area contributed by atoms with Crippen LogP contribution in [0.4, 0.5) is 0 Å². The number of rotatable bonds is 46. The van der Waals surface area contributed by atoms with Crippen LogP contribution in [-0.4, -0.2) is 34.9 Å². The fourth-order valence-electron chi connectivity index (χ4n) is 7.19. The van der Waals surface area contributed by atoms with E-state index in [1.165, 1.54) is 109 Å². The third-order valence-corrected chi connectivity index (χ3v) is 11.2. The Kier molecular flexibility index (Phi) is 50.4. The van der Waals surface area contributed by atoms with Crippen molar-refractivity contribution in [3.8, 4) is 0 Å². The van der Waals surface area contributed by atoms with E-state index in [0.717, 1.165) is 96.3 Å². The summed E-state index contributed by atoms with van der Waals surface area (Å²) in [5.41, 5.74) is 0. The van der Waals surface area contributed by atoms with Crippen molar-refractivity contribution >= 4 is 5.91 Å². The zero-order chi connectivity index (χ0) is 45.6. The molecule has 0 aromatic heterocycles. The van der Waals surface area contributed by atoms with Crippen LogP contribution in [0.1, 0.15) is 226 Å². The molecule has 0 aliphatic rings. The summed E-state index contributed by atoms with van der Waals surface area (Å²) in [6, 6.07) is -0.666. The summed E-state index contributed by atoms with van der Waals surface area (Å²) < 4.78 is 0. The second-order valence-corrected chi connectivity index (χ2v) is 17.2. The van der Waals surface area contributed by atoms with Gasteiger partial charge in [-0.05, 0) is 103 Å². The summed E-state index contributed by atoms with van der Waals surface area (Å²) in [6.45, 7) is 4.17. The molecule has 0 radical (unpaired) electrons. The van der Waals surface area contributed by atoms with Gasteiger partial charge in [-0.2, -0.15) is 0 Å². The molecule has 0 saturated carbocycles. The van der Waals surface area contributed by atoms with Crippen LogP contribution in [0.5, 0.6) is 0 Å². The number of hydrogen-bond acceptors (Lipinski definition) is 3. The molecule has 63 heavy (non-hydrogen) atoms. The van der Waals surface area contributed by atoms with Gasteiger partial charge in [-0.25, -0.2) is 0 Å². The van der Waals surface area contributed by atoms with Crippen molar-refractivity contribution in [3.05, 3.63) is 122 Å². The molecule has 1 amide bonds. The second-order valence-electron chi connectivity index (χ2n) is 17.2. The van der Waals surface area contributed by atoms with Gasteiger partial charge in [0, 0.05) is 6.42 Å². The maximum Gasteiger partial charge on any atom is 0.220 e. The fourth-order valence-corrected chi connectivity index (χ4v) is 7.19. The molecule has 0 heterocycles. The third-order valence-electron chi connectivity index (χ3n) is 11.2. The van der Waals surface area contributed by atoms with E-state index in [9.17, 15) is 15.0 Å². The van der Waals surface area contributed by atoms with Gasteiger partial charge in [-0.1, -0.05) is 238 Å². The molecule has 0 rings (SSSR count). The minimum Gasteiger partial charge on any atom is -0.394 e. The Bertz CT molecular complexity index is 1260. The SMILES string of the molecule is CC/C=C\C/C=C\C/C=C\C/C=C\C/C=C\C/C=C\C/C=C\CCCCCCCC(=O)NC(CO)C(O)/C=C/CC/C=C/CC/C=C/CCCCCCCCCCCCCCCC. The van der Waals surface area contributed by atoms with E-state index in [4.69, 9.17) is 0 Å². The lowest BCUT2D eigenvalue weighted by molar-refractivity contribution is -0.123. The van der Waals surface area contributed by atoms with Crippen LogP contribution in [-0.2, 0) is 4.79 Å². The molecule has 0 fully saturated rings. The molecule has 0 aliphatic carbocycles. The fraction of sp³-hybridized carbons (Fsp3) is 0.644. The highest BCUT2D eigenvalue weighted by Crippen LogP contribution is 2.14. The first kappa shape index (κ1) is 59.8. The van der Waals surface area contributed by atoms with Crippen molar-refractivity contribution < 1.29 is 15.0 Å². The summed E-state index contributed by atoms with van der Waals surface area (Å²) >= 11 is 0. The molecule has 3 N–H and O–H groups in total. The molecule has 0 aliphatic heterocycles. The number of carbonyl (C=O) groups excluding carboxylic acids is 1. The molecule has 0 spiro atoms. The van der Waals surface area contributed by atoms with Crippen molar-refractivity contribution in [2.24, 2.45) is 0 Å². The molecule has 2 unspecified atom stereocenters. The van der Waals surface area contributed by atoms with Crippen LogP contribution < -0.4 is 5.32 Å². The third kappa shape index (κ3) is 49.7. The van der Waals surface area contributed by atoms with Gasteiger partial charge in [0.2, 0.25) is 5.91 Å². The lowest BCUT2D eigenvalue weighted by atomic mass is 10.0. The van der Waals surface area contributed by atoms with Crippen molar-refractivity contribution in [2.45, 2.75) is 238 Å². The van der Waals surface area contributed by atoms with Crippen molar-refractivity contribution in [3.63, 3.8) is 0 Å². The average Bonchev–Trinajstić information content (AvgIpc) is 3.29. The van der Waals surface area contributed by atoms with Gasteiger partial charge in [-0.3, -0.25) is 4.79 Å². The topological polar surface area (TPSA) is 69.6 Å². The highest BCUT2D eigenvalue weighted by atomic mass is 16.3. The molecule has 0 bridgehead atoms. The van der Waals surface area contributed by atoms with Gasteiger partial charge in [0.1, 0.15) is 0 Å². The summed E-state index contributed by atoms with van der Waals surface area (Å²) in [5, 5.41) is 23.1. The largest absolute Gasteiger partial charge is 0.394 e. The standard InChI is InChI=1S/C59H99NO3/c1-3-5-7-9-11-13-15-17-19-21-23-25-27-29-30-31-33-35-37-39-41-43-45-47-49-51-53-55-59(63)60-57(56-61)58(62)54-52-50-48-46-44-42-40-38-36-34-32-28-26-24-22-20-18-16-14-12-10-8-6-4-2/h5,7,11,13,17,19,23,25,29-30,33,35-36,38-39,41,44,46,52,54,57-58,61-62H,3-4,6,8-10,12,14-16,18,20-22,24,26-28,31-32,34,37,40,42-43,45,47-51,53,55-56H2,1-2H3,(H,60,63)/b7-5-,13-11-,19-17-,25-23-,30-29-,35-33-,38-36+,41-39-,46-44+,54-52+. The molecule has 2 atom stereocenters. The highest BCUT2D eigenvalue weighted by molar-refractivity contribution is 5.76. The second kappa shape index (κ2) is 53.1. The van der Waals surface area contributed by atoms with E-state index in [-0.39, 0.29) is 12.5 Å². The van der Waals surface area contributed by atoms with Crippen LogP contribution in [0.25, 0.3) is 0 Å². The quantitative estimate of drug-likeness (QED) is 0.0422. The molecule has 0 aromatic carbocycles. The number of allylic oxidation sites excluding steroid dienone is 19. The van der Waals surface area contributed by atoms with Crippen LogP contribution in [0, 0.1) is 0 Å². The summed E-state index contributed by atoms with van der Waals surface area (Å²) in [7, 11) is 0. The van der Waals surface area contributed by atoms with E-state index in [1.54, 1.807) is 6.08 Å². The maximum atomic E-state index is 12.4. The number of hydrogen-bond donors (Lipinski definition) is 3. The number of unbranched alkanes of at least 4 members (excludes halogenated alkanes) is 21. The number of aliphatic hydroxyl groups is 2. The Balaban J connectivity index is 3.71. The van der Waals surface area contributed by atoms with Gasteiger partial charge >= 0.3 is 0 Å². The minimum absolute atomic E-state index is 0.101. The predicted octanol–water partition coefficient (Wildman–Crippen LogP) is 17.3. The lowest BCUT2D eigenvalue weighted by Crippen LogP contribution is -2.45. The van der Waals surface area contributed by atoms with Gasteiger partial charge < -0.3 is 15.5 Å². The van der Waals surface area contributed by atoms with Crippen LogP contribution in [0.15, 0.2) is 122 Å². The smallest absolute Gasteiger partial charge is 0.220 e. The van der Waals surface area contributed by atoms with Crippen molar-refractivity contribution in [1.82, 2.24) is 5.32 Å². The van der Waals surface area contributed by atoms with E-state index in [2.05, 4.69) is 129 Å². The number of amides is 1. The number of carbonyl (C=O) groups is 1. The molecule has 358 valence electrons. The summed E-state index contributed by atoms with van der Waals surface area (Å²) in [5.74, 6) is -0.101. The zero-order valence-electron chi connectivity index (χ0n) is 41.0. The predicted molar refractivity (Wildman–Crippen MR) is 280 cm³/mol. The van der Waals surface area contributed by atoms with E-state index >= 15 is 0 Å². The maximum absolute atomic E-state index is 12.4. The lowest BCUT2D eigenvalue weighted by Gasteiger charge is -2.19. The zero-order valence-corrected chi connectivity index (χ0v) is 41.0. The molecular weight excluding hydrogens is 771 g/mol. The number of aliphatic hydroxyl groups excluding tert-OH is 2. The first-order valence-electron chi connectivity index (χ1n) is 26.2. The normalized spacial score (nSPS) is 13.9.